The monoisotopic (exact) mass is 385 g/mol. The zero-order valence-corrected chi connectivity index (χ0v) is 15.9. The first-order valence-electron chi connectivity index (χ1n) is 7.90. The van der Waals surface area contributed by atoms with Crippen molar-refractivity contribution in [1.82, 2.24) is 14.5 Å². The van der Waals surface area contributed by atoms with E-state index in [0.717, 1.165) is 10.6 Å². The Labute approximate surface area is 153 Å². The molecule has 0 radical (unpaired) electrons. The number of nitrogens with zero attached hydrogens (tertiary/aromatic N) is 2. The standard InChI is InChI=1S/C17H24FN3O4S/c1-5-10-19-17(23)13(2)21(11-14-6-8-15(18)9-7-14)16(22)12-20(3)26(4,24)25/h5-9,13H,1,10-12H2,2-4H3,(H,19,23)/t13-/m0/s1. The van der Waals surface area contributed by atoms with E-state index in [2.05, 4.69) is 11.9 Å². The van der Waals surface area contributed by atoms with E-state index >= 15 is 0 Å². The van der Waals surface area contributed by atoms with Crippen LogP contribution in [0, 0.1) is 5.82 Å². The van der Waals surface area contributed by atoms with Gasteiger partial charge in [-0.05, 0) is 24.6 Å². The predicted molar refractivity (Wildman–Crippen MR) is 97.1 cm³/mol. The van der Waals surface area contributed by atoms with E-state index in [1.165, 1.54) is 42.3 Å². The van der Waals surface area contributed by atoms with Crippen molar-refractivity contribution in [2.45, 2.75) is 19.5 Å². The maximum absolute atomic E-state index is 13.1. The molecule has 0 bridgehead atoms. The highest BCUT2D eigenvalue weighted by Crippen LogP contribution is 2.11. The molecule has 1 aromatic carbocycles. The molecule has 144 valence electrons. The first-order chi connectivity index (χ1) is 12.1. The number of hydrogen-bond acceptors (Lipinski definition) is 4. The topological polar surface area (TPSA) is 86.8 Å². The maximum atomic E-state index is 13.1. The number of carbonyl (C=O) groups excluding carboxylic acids is 2. The van der Waals surface area contributed by atoms with E-state index in [4.69, 9.17) is 0 Å². The molecule has 0 fully saturated rings. The maximum Gasteiger partial charge on any atom is 0.242 e. The molecule has 0 spiro atoms. The lowest BCUT2D eigenvalue weighted by Crippen LogP contribution is -2.50. The Hall–Kier alpha value is -2.26. The minimum Gasteiger partial charge on any atom is -0.351 e. The van der Waals surface area contributed by atoms with Gasteiger partial charge in [-0.15, -0.1) is 6.58 Å². The first kappa shape index (κ1) is 21.8. The number of hydrogen-bond donors (Lipinski definition) is 1. The Morgan fingerprint density at radius 2 is 1.88 bits per heavy atom. The second kappa shape index (κ2) is 9.44. The highest BCUT2D eigenvalue weighted by atomic mass is 32.2. The molecule has 9 heteroatoms. The van der Waals surface area contributed by atoms with Crippen molar-refractivity contribution in [3.63, 3.8) is 0 Å². The Morgan fingerprint density at radius 1 is 1.31 bits per heavy atom. The Kier molecular flexibility index (Phi) is 7.91. The molecule has 26 heavy (non-hydrogen) atoms. The van der Waals surface area contributed by atoms with Gasteiger partial charge < -0.3 is 10.2 Å². The lowest BCUT2D eigenvalue weighted by molar-refractivity contribution is -0.140. The molecule has 1 aromatic rings. The van der Waals surface area contributed by atoms with Crippen LogP contribution in [-0.2, 0) is 26.2 Å². The van der Waals surface area contributed by atoms with Crippen molar-refractivity contribution in [3.8, 4) is 0 Å². The Morgan fingerprint density at radius 3 is 2.38 bits per heavy atom. The highest BCUT2D eigenvalue weighted by molar-refractivity contribution is 7.88. The summed E-state index contributed by atoms with van der Waals surface area (Å²) in [5.74, 6) is -1.36. The molecule has 0 aliphatic carbocycles. The van der Waals surface area contributed by atoms with Crippen molar-refractivity contribution in [2.75, 3.05) is 26.4 Å². The zero-order chi connectivity index (χ0) is 19.9. The van der Waals surface area contributed by atoms with Crippen LogP contribution in [0.15, 0.2) is 36.9 Å². The summed E-state index contributed by atoms with van der Waals surface area (Å²) >= 11 is 0. The van der Waals surface area contributed by atoms with Gasteiger partial charge in [-0.2, -0.15) is 4.31 Å². The number of rotatable bonds is 9. The molecular formula is C17H24FN3O4S. The third kappa shape index (κ3) is 6.57. The van der Waals surface area contributed by atoms with E-state index in [-0.39, 0.29) is 13.1 Å². The summed E-state index contributed by atoms with van der Waals surface area (Å²) in [5.41, 5.74) is 0.616. The summed E-state index contributed by atoms with van der Waals surface area (Å²) < 4.78 is 37.1. The van der Waals surface area contributed by atoms with Crippen LogP contribution in [0.5, 0.6) is 0 Å². The van der Waals surface area contributed by atoms with Crippen LogP contribution in [0.25, 0.3) is 0 Å². The molecule has 0 aliphatic rings. The molecule has 0 heterocycles. The lowest BCUT2D eigenvalue weighted by atomic mass is 10.1. The molecular weight excluding hydrogens is 361 g/mol. The Bertz CT molecular complexity index is 750. The van der Waals surface area contributed by atoms with Crippen LogP contribution in [0.3, 0.4) is 0 Å². The molecule has 1 rings (SSSR count). The van der Waals surface area contributed by atoms with E-state index in [1.54, 1.807) is 6.92 Å². The summed E-state index contributed by atoms with van der Waals surface area (Å²) in [6, 6.07) is 4.67. The van der Waals surface area contributed by atoms with Crippen molar-refractivity contribution in [2.24, 2.45) is 0 Å². The summed E-state index contributed by atoms with van der Waals surface area (Å²) in [6.45, 7) is 4.93. The van der Waals surface area contributed by atoms with E-state index < -0.39 is 40.2 Å². The van der Waals surface area contributed by atoms with Crippen LogP contribution in [-0.4, -0.2) is 61.9 Å². The predicted octanol–water partition coefficient (Wildman–Crippen LogP) is 0.736. The van der Waals surface area contributed by atoms with E-state index in [0.29, 0.717) is 5.56 Å². The molecule has 1 N–H and O–H groups in total. The average molecular weight is 385 g/mol. The van der Waals surface area contributed by atoms with Crippen LogP contribution >= 0.6 is 0 Å². The van der Waals surface area contributed by atoms with Gasteiger partial charge in [-0.1, -0.05) is 18.2 Å². The smallest absolute Gasteiger partial charge is 0.242 e. The molecule has 7 nitrogen and oxygen atoms in total. The Balaban J connectivity index is 3.03. The van der Waals surface area contributed by atoms with Gasteiger partial charge in [0.25, 0.3) is 0 Å². The van der Waals surface area contributed by atoms with Gasteiger partial charge in [0.2, 0.25) is 21.8 Å². The lowest BCUT2D eigenvalue weighted by Gasteiger charge is -2.30. The summed E-state index contributed by atoms with van der Waals surface area (Å²) in [6.07, 6.45) is 2.50. The average Bonchev–Trinajstić information content (AvgIpc) is 2.57. The van der Waals surface area contributed by atoms with Crippen molar-refractivity contribution >= 4 is 21.8 Å². The molecule has 0 aromatic heterocycles. The highest BCUT2D eigenvalue weighted by Gasteiger charge is 2.28. The van der Waals surface area contributed by atoms with E-state index in [9.17, 15) is 22.4 Å². The molecule has 0 unspecified atom stereocenters. The largest absolute Gasteiger partial charge is 0.351 e. The SMILES string of the molecule is C=CCNC(=O)[C@H](C)N(Cc1ccc(F)cc1)C(=O)CN(C)S(C)(=O)=O. The van der Waals surface area contributed by atoms with Gasteiger partial charge >= 0.3 is 0 Å². The van der Waals surface area contributed by atoms with Crippen LogP contribution in [0.1, 0.15) is 12.5 Å². The van der Waals surface area contributed by atoms with Crippen molar-refractivity contribution in [1.29, 1.82) is 0 Å². The number of amides is 2. The molecule has 2 amide bonds. The molecule has 0 aliphatic heterocycles. The second-order valence-electron chi connectivity index (χ2n) is 5.88. The number of nitrogens with one attached hydrogen (secondary N) is 1. The summed E-state index contributed by atoms with van der Waals surface area (Å²) in [5, 5.41) is 2.60. The van der Waals surface area contributed by atoms with Crippen molar-refractivity contribution in [3.05, 3.63) is 48.3 Å². The fourth-order valence-corrected chi connectivity index (χ4v) is 2.43. The minimum absolute atomic E-state index is 0.0411. The number of sulfonamides is 1. The van der Waals surface area contributed by atoms with Crippen LogP contribution in [0.2, 0.25) is 0 Å². The fourth-order valence-electron chi connectivity index (χ4n) is 2.09. The van der Waals surface area contributed by atoms with Crippen molar-refractivity contribution < 1.29 is 22.4 Å². The fraction of sp³-hybridized carbons (Fsp3) is 0.412. The minimum atomic E-state index is -3.55. The van der Waals surface area contributed by atoms with Gasteiger partial charge in [0.15, 0.2) is 0 Å². The number of halogens is 1. The van der Waals surface area contributed by atoms with Gasteiger partial charge in [0.05, 0.1) is 12.8 Å². The van der Waals surface area contributed by atoms with Crippen LogP contribution < -0.4 is 5.32 Å². The quantitative estimate of drug-likeness (QED) is 0.635. The third-order valence-corrected chi connectivity index (χ3v) is 5.04. The third-order valence-electron chi connectivity index (χ3n) is 3.78. The van der Waals surface area contributed by atoms with Crippen LogP contribution in [0.4, 0.5) is 4.39 Å². The molecule has 1 atom stereocenters. The van der Waals surface area contributed by atoms with E-state index in [1.807, 2.05) is 0 Å². The molecule has 0 saturated heterocycles. The second-order valence-corrected chi connectivity index (χ2v) is 7.97. The number of carbonyl (C=O) groups is 2. The van der Waals surface area contributed by atoms with Gasteiger partial charge in [-0.3, -0.25) is 9.59 Å². The van der Waals surface area contributed by atoms with Gasteiger partial charge in [-0.25, -0.2) is 12.8 Å². The summed E-state index contributed by atoms with van der Waals surface area (Å²) in [7, 11) is -2.26. The normalized spacial score (nSPS) is 12.5. The zero-order valence-electron chi connectivity index (χ0n) is 15.1. The number of benzene rings is 1. The van der Waals surface area contributed by atoms with Gasteiger partial charge in [0.1, 0.15) is 11.9 Å². The number of likely N-dealkylation sites (N-methyl/N-ethyl adjacent to an activating group) is 1. The van der Waals surface area contributed by atoms with Gasteiger partial charge in [0, 0.05) is 20.1 Å². The summed E-state index contributed by atoms with van der Waals surface area (Å²) in [4.78, 5) is 26.1. The first-order valence-corrected chi connectivity index (χ1v) is 9.75. The molecule has 0 saturated carbocycles.